The number of hydrogen-bond acceptors (Lipinski definition) is 3. The molecule has 29 heavy (non-hydrogen) atoms. The van der Waals surface area contributed by atoms with Crippen molar-refractivity contribution in [3.05, 3.63) is 113 Å². The fourth-order valence-electron chi connectivity index (χ4n) is 3.29. The van der Waals surface area contributed by atoms with Crippen molar-refractivity contribution >= 4 is 28.5 Å². The van der Waals surface area contributed by atoms with Gasteiger partial charge in [0, 0.05) is 6.08 Å². The molecular formula is C26H16N2O. The molecule has 3 aromatic carbocycles. The number of hydrogen-bond donors (Lipinski definition) is 0. The summed E-state index contributed by atoms with van der Waals surface area (Å²) >= 11 is 0. The standard InChI is InChI=1S/C26H16N2O/c27-17-19(18-28)15-22-13-14-23(29-22)16-26(21-7-2-1-3-8-21)25-12-6-10-20-9-4-5-11-24(20)25/h1-16H. The number of nitriles is 2. The second kappa shape index (κ2) is 8.13. The van der Waals surface area contributed by atoms with Crippen LogP contribution in [0.2, 0.25) is 0 Å². The van der Waals surface area contributed by atoms with E-state index >= 15 is 0 Å². The molecule has 0 saturated heterocycles. The van der Waals surface area contributed by atoms with E-state index in [0.29, 0.717) is 11.5 Å². The first-order chi connectivity index (χ1) is 14.3. The van der Waals surface area contributed by atoms with E-state index in [1.807, 2.05) is 54.6 Å². The molecule has 0 radical (unpaired) electrons. The Labute approximate surface area is 169 Å². The first kappa shape index (κ1) is 18.0. The summed E-state index contributed by atoms with van der Waals surface area (Å²) in [6, 6.07) is 32.0. The van der Waals surface area contributed by atoms with Gasteiger partial charge in [-0.2, -0.15) is 10.5 Å². The molecule has 4 aromatic rings. The Balaban J connectivity index is 1.87. The van der Waals surface area contributed by atoms with Crippen molar-refractivity contribution in [1.29, 1.82) is 10.5 Å². The SMILES string of the molecule is N#CC(C#N)=Cc1ccc(C=C(c2ccccc2)c2cccc3ccccc23)o1. The summed E-state index contributed by atoms with van der Waals surface area (Å²) in [5, 5.41) is 20.2. The maximum Gasteiger partial charge on any atom is 0.133 e. The molecule has 0 spiro atoms. The Bertz CT molecular complexity index is 1290. The van der Waals surface area contributed by atoms with Crippen LogP contribution in [0.15, 0.2) is 94.9 Å². The van der Waals surface area contributed by atoms with Crippen LogP contribution in [0.3, 0.4) is 0 Å². The van der Waals surface area contributed by atoms with E-state index in [9.17, 15) is 0 Å². The predicted molar refractivity (Wildman–Crippen MR) is 115 cm³/mol. The van der Waals surface area contributed by atoms with Crippen molar-refractivity contribution in [3.63, 3.8) is 0 Å². The van der Waals surface area contributed by atoms with Crippen LogP contribution in [0.25, 0.3) is 28.5 Å². The van der Waals surface area contributed by atoms with Crippen molar-refractivity contribution in [2.75, 3.05) is 0 Å². The number of furan rings is 1. The highest BCUT2D eigenvalue weighted by Gasteiger charge is 2.10. The Morgan fingerprint density at radius 2 is 1.34 bits per heavy atom. The zero-order chi connectivity index (χ0) is 20.1. The first-order valence-corrected chi connectivity index (χ1v) is 9.15. The largest absolute Gasteiger partial charge is 0.457 e. The molecular weight excluding hydrogens is 356 g/mol. The third-order valence-corrected chi connectivity index (χ3v) is 4.63. The highest BCUT2D eigenvalue weighted by Crippen LogP contribution is 2.32. The summed E-state index contributed by atoms with van der Waals surface area (Å²) in [5.41, 5.74) is 3.23. The van der Waals surface area contributed by atoms with Gasteiger partial charge in [-0.15, -0.1) is 0 Å². The van der Waals surface area contributed by atoms with Crippen molar-refractivity contribution in [3.8, 4) is 12.1 Å². The number of allylic oxidation sites excluding steroid dienone is 1. The molecule has 0 N–H and O–H groups in total. The molecule has 3 nitrogen and oxygen atoms in total. The van der Waals surface area contributed by atoms with E-state index in [4.69, 9.17) is 14.9 Å². The molecule has 1 heterocycles. The Morgan fingerprint density at radius 3 is 2.10 bits per heavy atom. The van der Waals surface area contributed by atoms with Gasteiger partial charge in [0.1, 0.15) is 29.2 Å². The molecule has 0 amide bonds. The average Bonchev–Trinajstić information content (AvgIpc) is 3.23. The van der Waals surface area contributed by atoms with Gasteiger partial charge in [0.25, 0.3) is 0 Å². The minimum atomic E-state index is 0.00668. The molecule has 0 saturated carbocycles. The monoisotopic (exact) mass is 372 g/mol. The van der Waals surface area contributed by atoms with E-state index in [1.54, 1.807) is 6.07 Å². The van der Waals surface area contributed by atoms with Gasteiger partial charge in [-0.05, 0) is 45.7 Å². The van der Waals surface area contributed by atoms with Gasteiger partial charge in [0.15, 0.2) is 0 Å². The molecule has 0 fully saturated rings. The Morgan fingerprint density at radius 1 is 0.690 bits per heavy atom. The fraction of sp³-hybridized carbons (Fsp3) is 0. The van der Waals surface area contributed by atoms with E-state index in [-0.39, 0.29) is 5.57 Å². The van der Waals surface area contributed by atoms with Gasteiger partial charge in [-0.1, -0.05) is 72.8 Å². The second-order valence-electron chi connectivity index (χ2n) is 6.47. The third kappa shape index (κ3) is 3.86. The van der Waals surface area contributed by atoms with Crippen LogP contribution in [0.1, 0.15) is 22.6 Å². The molecule has 4 rings (SSSR count). The molecule has 0 aliphatic rings. The minimum absolute atomic E-state index is 0.00668. The number of rotatable bonds is 4. The van der Waals surface area contributed by atoms with Crippen LogP contribution in [0.4, 0.5) is 0 Å². The topological polar surface area (TPSA) is 60.7 Å². The minimum Gasteiger partial charge on any atom is -0.457 e. The van der Waals surface area contributed by atoms with Crippen LogP contribution in [-0.2, 0) is 0 Å². The molecule has 0 bridgehead atoms. The van der Waals surface area contributed by atoms with Gasteiger partial charge >= 0.3 is 0 Å². The lowest BCUT2D eigenvalue weighted by Crippen LogP contribution is -1.90. The van der Waals surface area contributed by atoms with Gasteiger partial charge in [0.05, 0.1) is 0 Å². The summed E-state index contributed by atoms with van der Waals surface area (Å²) in [6.07, 6.45) is 3.43. The van der Waals surface area contributed by atoms with E-state index in [1.165, 1.54) is 11.5 Å². The maximum absolute atomic E-state index is 8.94. The van der Waals surface area contributed by atoms with Crippen LogP contribution in [-0.4, -0.2) is 0 Å². The Kier molecular flexibility index (Phi) is 5.06. The number of benzene rings is 3. The van der Waals surface area contributed by atoms with Crippen LogP contribution < -0.4 is 0 Å². The lowest BCUT2D eigenvalue weighted by molar-refractivity contribution is 0.547. The molecule has 1 aromatic heterocycles. The maximum atomic E-state index is 8.94. The zero-order valence-corrected chi connectivity index (χ0v) is 15.5. The number of fused-ring (bicyclic) bond motifs is 1. The van der Waals surface area contributed by atoms with E-state index in [2.05, 4.69) is 42.5 Å². The summed E-state index contributed by atoms with van der Waals surface area (Å²) in [4.78, 5) is 0. The van der Waals surface area contributed by atoms with Crippen molar-refractivity contribution in [2.24, 2.45) is 0 Å². The van der Waals surface area contributed by atoms with Crippen LogP contribution in [0, 0.1) is 22.7 Å². The molecule has 3 heteroatoms. The summed E-state index contributed by atoms with van der Waals surface area (Å²) in [6.45, 7) is 0. The zero-order valence-electron chi connectivity index (χ0n) is 15.5. The molecule has 0 atom stereocenters. The van der Waals surface area contributed by atoms with E-state index < -0.39 is 0 Å². The van der Waals surface area contributed by atoms with Gasteiger partial charge in [-0.25, -0.2) is 0 Å². The highest BCUT2D eigenvalue weighted by molar-refractivity contribution is 6.02. The lowest BCUT2D eigenvalue weighted by atomic mass is 9.92. The highest BCUT2D eigenvalue weighted by atomic mass is 16.3. The number of nitrogens with zero attached hydrogens (tertiary/aromatic N) is 2. The van der Waals surface area contributed by atoms with Crippen molar-refractivity contribution in [2.45, 2.75) is 0 Å². The Hall–Kier alpha value is -4.34. The molecule has 136 valence electrons. The smallest absolute Gasteiger partial charge is 0.133 e. The van der Waals surface area contributed by atoms with E-state index in [0.717, 1.165) is 22.1 Å². The summed E-state index contributed by atoms with van der Waals surface area (Å²) < 4.78 is 5.85. The van der Waals surface area contributed by atoms with Gasteiger partial charge in [-0.3, -0.25) is 0 Å². The van der Waals surface area contributed by atoms with Gasteiger partial charge in [0.2, 0.25) is 0 Å². The normalized spacial score (nSPS) is 10.9. The molecule has 0 aliphatic heterocycles. The summed E-state index contributed by atoms with van der Waals surface area (Å²) in [7, 11) is 0. The molecule has 0 aliphatic carbocycles. The molecule has 0 unspecified atom stereocenters. The van der Waals surface area contributed by atoms with Gasteiger partial charge < -0.3 is 4.42 Å². The third-order valence-electron chi connectivity index (χ3n) is 4.63. The first-order valence-electron chi connectivity index (χ1n) is 9.15. The van der Waals surface area contributed by atoms with Crippen molar-refractivity contribution < 1.29 is 4.42 Å². The fourth-order valence-corrected chi connectivity index (χ4v) is 3.29. The van der Waals surface area contributed by atoms with Crippen LogP contribution >= 0.6 is 0 Å². The quantitative estimate of drug-likeness (QED) is 0.387. The van der Waals surface area contributed by atoms with Crippen LogP contribution in [0.5, 0.6) is 0 Å². The summed E-state index contributed by atoms with van der Waals surface area (Å²) in [5.74, 6) is 1.12. The second-order valence-corrected chi connectivity index (χ2v) is 6.47. The van der Waals surface area contributed by atoms with Crippen molar-refractivity contribution in [1.82, 2.24) is 0 Å². The predicted octanol–water partition coefficient (Wildman–Crippen LogP) is 6.45. The lowest BCUT2D eigenvalue weighted by Gasteiger charge is -2.11. The average molecular weight is 372 g/mol.